The van der Waals surface area contributed by atoms with Gasteiger partial charge < -0.3 is 25.8 Å². The van der Waals surface area contributed by atoms with Crippen LogP contribution in [0.2, 0.25) is 0 Å². The standard InChI is InChI=1S/C23H25F4N3O4/c24-18-4-2-1-3-17(18)21(32)28-12-11-16-9-10-19(20(13-31)34-16)30-22(33)29-15-7-5-14(6-8-15)23(25,26)27/h1-8,16,19-20,31H,9-13H2,(H,28,32)(H2,29,30,33)/t16-,19-,20-/m1/s1. The molecule has 0 aliphatic carbocycles. The molecule has 2 aromatic carbocycles. The van der Waals surface area contributed by atoms with Gasteiger partial charge in [0.05, 0.1) is 29.9 Å². The van der Waals surface area contributed by atoms with Crippen LogP contribution in [0.25, 0.3) is 0 Å². The van der Waals surface area contributed by atoms with Gasteiger partial charge in [0.15, 0.2) is 0 Å². The molecule has 0 bridgehead atoms. The Morgan fingerprint density at radius 3 is 2.41 bits per heavy atom. The first kappa shape index (κ1) is 25.4. The van der Waals surface area contributed by atoms with E-state index < -0.39 is 41.6 Å². The van der Waals surface area contributed by atoms with Crippen LogP contribution in [0.1, 0.15) is 35.2 Å². The van der Waals surface area contributed by atoms with Crippen LogP contribution in [0.4, 0.5) is 28.0 Å². The molecule has 1 aliphatic rings. The zero-order valence-corrected chi connectivity index (χ0v) is 18.1. The highest BCUT2D eigenvalue weighted by Crippen LogP contribution is 2.30. The van der Waals surface area contributed by atoms with Crippen LogP contribution < -0.4 is 16.0 Å². The third-order valence-corrected chi connectivity index (χ3v) is 5.45. The predicted molar refractivity (Wildman–Crippen MR) is 116 cm³/mol. The highest BCUT2D eigenvalue weighted by atomic mass is 19.4. The smallest absolute Gasteiger partial charge is 0.394 e. The summed E-state index contributed by atoms with van der Waals surface area (Å²) in [5, 5.41) is 17.4. The molecule has 11 heteroatoms. The van der Waals surface area contributed by atoms with E-state index >= 15 is 0 Å². The molecule has 2 aromatic rings. The van der Waals surface area contributed by atoms with E-state index in [9.17, 15) is 32.3 Å². The number of anilines is 1. The second-order valence-corrected chi connectivity index (χ2v) is 7.86. The van der Waals surface area contributed by atoms with Crippen molar-refractivity contribution < 1.29 is 37.0 Å². The van der Waals surface area contributed by atoms with E-state index in [1.54, 1.807) is 6.07 Å². The summed E-state index contributed by atoms with van der Waals surface area (Å²) in [5.41, 5.74) is -0.689. The van der Waals surface area contributed by atoms with Crippen molar-refractivity contribution in [3.8, 4) is 0 Å². The molecule has 0 radical (unpaired) electrons. The molecule has 3 amide bonds. The molecule has 34 heavy (non-hydrogen) atoms. The fourth-order valence-electron chi connectivity index (χ4n) is 3.67. The lowest BCUT2D eigenvalue weighted by molar-refractivity contribution is -0.137. The normalized spacial score (nSPS) is 20.4. The second kappa shape index (κ2) is 11.3. The summed E-state index contributed by atoms with van der Waals surface area (Å²) >= 11 is 0. The monoisotopic (exact) mass is 483 g/mol. The minimum atomic E-state index is -4.47. The Morgan fingerprint density at radius 2 is 1.76 bits per heavy atom. The average molecular weight is 483 g/mol. The summed E-state index contributed by atoms with van der Waals surface area (Å²) in [7, 11) is 0. The van der Waals surface area contributed by atoms with Crippen molar-refractivity contribution in [2.75, 3.05) is 18.5 Å². The second-order valence-electron chi connectivity index (χ2n) is 7.86. The number of ether oxygens (including phenoxy) is 1. The van der Waals surface area contributed by atoms with E-state index in [-0.39, 0.29) is 30.5 Å². The molecule has 0 spiro atoms. The number of hydrogen-bond acceptors (Lipinski definition) is 4. The van der Waals surface area contributed by atoms with E-state index in [4.69, 9.17) is 4.74 Å². The van der Waals surface area contributed by atoms with Gasteiger partial charge in [-0.05, 0) is 55.7 Å². The molecule has 0 unspecified atom stereocenters. The summed E-state index contributed by atoms with van der Waals surface area (Å²) < 4.78 is 57.4. The maximum atomic E-state index is 13.7. The van der Waals surface area contributed by atoms with Crippen molar-refractivity contribution in [2.45, 2.75) is 43.7 Å². The number of alkyl halides is 3. The Bertz CT molecular complexity index is 985. The number of rotatable bonds is 7. The van der Waals surface area contributed by atoms with Crippen LogP contribution in [-0.2, 0) is 10.9 Å². The number of aliphatic hydroxyl groups is 1. The number of amides is 3. The van der Waals surface area contributed by atoms with Crippen molar-refractivity contribution in [1.29, 1.82) is 0 Å². The largest absolute Gasteiger partial charge is 0.416 e. The zero-order valence-electron chi connectivity index (χ0n) is 18.1. The van der Waals surface area contributed by atoms with Crippen molar-refractivity contribution in [3.05, 3.63) is 65.5 Å². The number of aliphatic hydroxyl groups excluding tert-OH is 1. The predicted octanol–water partition coefficient (Wildman–Crippen LogP) is 3.69. The molecular formula is C23H25F4N3O4. The number of carbonyl (C=O) groups excluding carboxylic acids is 2. The lowest BCUT2D eigenvalue weighted by Crippen LogP contribution is -2.52. The first-order valence-electron chi connectivity index (χ1n) is 10.7. The summed E-state index contributed by atoms with van der Waals surface area (Å²) in [6, 6.07) is 8.52. The lowest BCUT2D eigenvalue weighted by Gasteiger charge is -2.36. The van der Waals surface area contributed by atoms with Crippen molar-refractivity contribution in [3.63, 3.8) is 0 Å². The Morgan fingerprint density at radius 1 is 1.06 bits per heavy atom. The molecule has 3 rings (SSSR count). The number of benzene rings is 2. The number of carbonyl (C=O) groups is 2. The molecule has 7 nitrogen and oxygen atoms in total. The third-order valence-electron chi connectivity index (χ3n) is 5.45. The quantitative estimate of drug-likeness (QED) is 0.452. The van der Waals surface area contributed by atoms with E-state index in [2.05, 4.69) is 16.0 Å². The number of nitrogens with one attached hydrogen (secondary N) is 3. The highest BCUT2D eigenvalue weighted by molar-refractivity contribution is 5.94. The van der Waals surface area contributed by atoms with Gasteiger partial charge in [-0.3, -0.25) is 4.79 Å². The van der Waals surface area contributed by atoms with Gasteiger partial charge in [0.25, 0.3) is 5.91 Å². The van der Waals surface area contributed by atoms with Crippen LogP contribution in [-0.4, -0.2) is 48.4 Å². The van der Waals surface area contributed by atoms with Crippen LogP contribution in [0.5, 0.6) is 0 Å². The molecule has 1 aliphatic heterocycles. The Hall–Kier alpha value is -3.18. The molecule has 3 atom stereocenters. The zero-order chi connectivity index (χ0) is 24.7. The van der Waals surface area contributed by atoms with E-state index in [1.165, 1.54) is 18.2 Å². The Balaban J connectivity index is 1.44. The van der Waals surface area contributed by atoms with Crippen molar-refractivity contribution >= 4 is 17.6 Å². The number of hydrogen-bond donors (Lipinski definition) is 4. The fraction of sp³-hybridized carbons (Fsp3) is 0.391. The summed E-state index contributed by atoms with van der Waals surface area (Å²) in [4.78, 5) is 24.3. The molecule has 184 valence electrons. The SMILES string of the molecule is O=C(Nc1ccc(C(F)(F)F)cc1)N[C@@H]1CC[C@H](CCNC(=O)c2ccccc2F)O[C@@H]1CO. The lowest BCUT2D eigenvalue weighted by atomic mass is 9.97. The number of halogens is 4. The van der Waals surface area contributed by atoms with Crippen LogP contribution in [0.3, 0.4) is 0 Å². The molecule has 1 saturated heterocycles. The first-order chi connectivity index (χ1) is 16.2. The van der Waals surface area contributed by atoms with Gasteiger partial charge in [0.1, 0.15) is 11.9 Å². The van der Waals surface area contributed by atoms with Gasteiger partial charge in [0.2, 0.25) is 0 Å². The minimum Gasteiger partial charge on any atom is -0.394 e. The van der Waals surface area contributed by atoms with Gasteiger partial charge in [-0.25, -0.2) is 9.18 Å². The van der Waals surface area contributed by atoms with Gasteiger partial charge in [-0.15, -0.1) is 0 Å². The Labute approximate surface area is 193 Å². The maximum Gasteiger partial charge on any atom is 0.416 e. The van der Waals surface area contributed by atoms with Gasteiger partial charge in [-0.1, -0.05) is 12.1 Å². The minimum absolute atomic E-state index is 0.0522. The molecule has 1 heterocycles. The number of urea groups is 1. The molecule has 4 N–H and O–H groups in total. The van der Waals surface area contributed by atoms with E-state index in [1.807, 2.05) is 0 Å². The van der Waals surface area contributed by atoms with Crippen LogP contribution >= 0.6 is 0 Å². The molecule has 1 fully saturated rings. The highest BCUT2D eigenvalue weighted by Gasteiger charge is 2.32. The average Bonchev–Trinajstić information content (AvgIpc) is 2.80. The van der Waals surface area contributed by atoms with Gasteiger partial charge >= 0.3 is 12.2 Å². The molecular weight excluding hydrogens is 458 g/mol. The Kier molecular flexibility index (Phi) is 8.46. The molecule has 0 aromatic heterocycles. The summed E-state index contributed by atoms with van der Waals surface area (Å²) in [6.07, 6.45) is -3.99. The summed E-state index contributed by atoms with van der Waals surface area (Å²) in [5.74, 6) is -1.15. The van der Waals surface area contributed by atoms with Crippen molar-refractivity contribution in [2.24, 2.45) is 0 Å². The van der Waals surface area contributed by atoms with E-state index in [0.717, 1.165) is 24.3 Å². The van der Waals surface area contributed by atoms with E-state index in [0.29, 0.717) is 19.3 Å². The van der Waals surface area contributed by atoms with Crippen LogP contribution in [0, 0.1) is 5.82 Å². The third kappa shape index (κ3) is 6.91. The molecule has 0 saturated carbocycles. The topological polar surface area (TPSA) is 99.7 Å². The fourth-order valence-corrected chi connectivity index (χ4v) is 3.67. The van der Waals surface area contributed by atoms with Crippen LogP contribution in [0.15, 0.2) is 48.5 Å². The summed E-state index contributed by atoms with van der Waals surface area (Å²) in [6.45, 7) is -0.119. The van der Waals surface area contributed by atoms with Gasteiger partial charge in [-0.2, -0.15) is 13.2 Å². The first-order valence-corrected chi connectivity index (χ1v) is 10.7. The maximum absolute atomic E-state index is 13.7. The van der Waals surface area contributed by atoms with Crippen molar-refractivity contribution in [1.82, 2.24) is 10.6 Å². The van der Waals surface area contributed by atoms with Gasteiger partial charge in [0, 0.05) is 12.2 Å².